The minimum atomic E-state index is 0.479. The van der Waals surface area contributed by atoms with E-state index in [0.717, 1.165) is 17.8 Å². The van der Waals surface area contributed by atoms with E-state index in [1.54, 1.807) is 0 Å². The van der Waals surface area contributed by atoms with Gasteiger partial charge in [0.1, 0.15) is 0 Å². The molecular weight excluding hydrogens is 220 g/mol. The van der Waals surface area contributed by atoms with Crippen molar-refractivity contribution in [2.45, 2.75) is 79.2 Å². The lowest BCUT2D eigenvalue weighted by molar-refractivity contribution is 0.126. The molecule has 0 aliphatic heterocycles. The van der Waals surface area contributed by atoms with Crippen molar-refractivity contribution < 1.29 is 0 Å². The van der Waals surface area contributed by atoms with E-state index in [1.165, 1.54) is 38.5 Å². The summed E-state index contributed by atoms with van der Waals surface area (Å²) in [6.07, 6.45) is 7.97. The Bertz CT molecular complexity index is 224. The topological polar surface area (TPSA) is 38.0 Å². The van der Waals surface area contributed by atoms with Crippen LogP contribution in [0, 0.1) is 23.2 Å². The number of nitrogens with one attached hydrogen (secondary N) is 1. The molecule has 0 radical (unpaired) electrons. The van der Waals surface area contributed by atoms with Gasteiger partial charge in [-0.3, -0.25) is 11.3 Å². The van der Waals surface area contributed by atoms with Crippen molar-refractivity contribution in [1.29, 1.82) is 0 Å². The van der Waals surface area contributed by atoms with E-state index in [2.05, 4.69) is 40.0 Å². The van der Waals surface area contributed by atoms with Gasteiger partial charge in [-0.1, -0.05) is 41.0 Å². The maximum absolute atomic E-state index is 5.78. The van der Waals surface area contributed by atoms with Gasteiger partial charge in [0.2, 0.25) is 0 Å². The average Bonchev–Trinajstić information content (AvgIpc) is 2.34. The van der Waals surface area contributed by atoms with Crippen molar-refractivity contribution in [3.05, 3.63) is 0 Å². The summed E-state index contributed by atoms with van der Waals surface area (Å²) >= 11 is 0. The molecule has 3 N–H and O–H groups in total. The smallest absolute Gasteiger partial charge is 0.0241 e. The van der Waals surface area contributed by atoms with Gasteiger partial charge in [-0.2, -0.15) is 0 Å². The predicted octanol–water partition coefficient (Wildman–Crippen LogP) is 4.11. The molecule has 0 saturated heterocycles. The minimum Gasteiger partial charge on any atom is -0.271 e. The molecule has 18 heavy (non-hydrogen) atoms. The molecule has 2 unspecified atom stereocenters. The fraction of sp³-hybridized carbons (Fsp3) is 1.00. The van der Waals surface area contributed by atoms with Crippen molar-refractivity contribution in [2.75, 3.05) is 0 Å². The summed E-state index contributed by atoms with van der Waals surface area (Å²) in [5.41, 5.74) is 3.57. The first-order valence-corrected chi connectivity index (χ1v) is 7.84. The highest BCUT2D eigenvalue weighted by molar-refractivity contribution is 4.85. The maximum Gasteiger partial charge on any atom is 0.0241 e. The molecule has 0 aromatic rings. The van der Waals surface area contributed by atoms with Crippen LogP contribution in [-0.4, -0.2) is 6.04 Å². The number of hydrogen-bond donors (Lipinski definition) is 2. The lowest BCUT2D eigenvalue weighted by Crippen LogP contribution is -2.43. The van der Waals surface area contributed by atoms with Crippen LogP contribution >= 0.6 is 0 Å². The van der Waals surface area contributed by atoms with E-state index in [-0.39, 0.29) is 0 Å². The predicted molar refractivity (Wildman–Crippen MR) is 80.1 cm³/mol. The third-order valence-electron chi connectivity index (χ3n) is 5.13. The van der Waals surface area contributed by atoms with E-state index in [0.29, 0.717) is 11.5 Å². The summed E-state index contributed by atoms with van der Waals surface area (Å²) < 4.78 is 0. The summed E-state index contributed by atoms with van der Waals surface area (Å²) in [4.78, 5) is 0. The van der Waals surface area contributed by atoms with Crippen LogP contribution in [0.4, 0.5) is 0 Å². The van der Waals surface area contributed by atoms with Gasteiger partial charge < -0.3 is 0 Å². The van der Waals surface area contributed by atoms with Crippen LogP contribution in [0.15, 0.2) is 0 Å². The van der Waals surface area contributed by atoms with Crippen LogP contribution in [0.25, 0.3) is 0 Å². The molecule has 0 aromatic carbocycles. The van der Waals surface area contributed by atoms with Crippen LogP contribution in [0.1, 0.15) is 73.1 Å². The first kappa shape index (κ1) is 16.0. The minimum absolute atomic E-state index is 0.479. The Morgan fingerprint density at radius 2 is 1.72 bits per heavy atom. The highest BCUT2D eigenvalue weighted by Gasteiger charge is 2.32. The van der Waals surface area contributed by atoms with E-state index < -0.39 is 0 Å². The fourth-order valence-electron chi connectivity index (χ4n) is 3.38. The van der Waals surface area contributed by atoms with Gasteiger partial charge in [0.05, 0.1) is 0 Å². The standard InChI is InChI=1S/C16H34N2/c1-6-12(2)11-15(18-17)13-7-9-14(10-8-13)16(3,4)5/h12-15,18H,6-11,17H2,1-5H3. The first-order valence-electron chi connectivity index (χ1n) is 7.84. The Hall–Kier alpha value is -0.0800. The van der Waals surface area contributed by atoms with Gasteiger partial charge in [0.15, 0.2) is 0 Å². The second kappa shape index (κ2) is 6.91. The number of rotatable bonds is 5. The zero-order chi connectivity index (χ0) is 13.8. The molecule has 1 saturated carbocycles. The molecule has 2 nitrogen and oxygen atoms in total. The van der Waals surface area contributed by atoms with Gasteiger partial charge in [-0.15, -0.1) is 0 Å². The lowest BCUT2D eigenvalue weighted by Gasteiger charge is -2.39. The van der Waals surface area contributed by atoms with E-state index in [1.807, 2.05) is 0 Å². The zero-order valence-electron chi connectivity index (χ0n) is 13.1. The quantitative estimate of drug-likeness (QED) is 0.572. The van der Waals surface area contributed by atoms with Crippen molar-refractivity contribution in [2.24, 2.45) is 29.0 Å². The highest BCUT2D eigenvalue weighted by Crippen LogP contribution is 2.41. The third-order valence-corrected chi connectivity index (χ3v) is 5.13. The van der Waals surface area contributed by atoms with Gasteiger partial charge in [-0.05, 0) is 55.3 Å². The number of nitrogens with two attached hydrogens (primary N) is 1. The highest BCUT2D eigenvalue weighted by atomic mass is 15.2. The van der Waals surface area contributed by atoms with Crippen LogP contribution < -0.4 is 11.3 Å². The third kappa shape index (κ3) is 4.55. The average molecular weight is 254 g/mol. The Morgan fingerprint density at radius 3 is 2.11 bits per heavy atom. The zero-order valence-corrected chi connectivity index (χ0v) is 13.1. The molecule has 0 aromatic heterocycles. The summed E-state index contributed by atoms with van der Waals surface area (Å²) in [5.74, 6) is 8.25. The maximum atomic E-state index is 5.78. The molecule has 0 amide bonds. The summed E-state index contributed by atoms with van der Waals surface area (Å²) in [6, 6.07) is 0.529. The van der Waals surface area contributed by atoms with E-state index >= 15 is 0 Å². The summed E-state index contributed by atoms with van der Waals surface area (Å²) in [7, 11) is 0. The molecular formula is C16H34N2. The Balaban J connectivity index is 2.45. The molecule has 0 heterocycles. The van der Waals surface area contributed by atoms with Gasteiger partial charge in [0, 0.05) is 6.04 Å². The Labute approximate surface area is 114 Å². The second-order valence-electron chi connectivity index (χ2n) is 7.50. The molecule has 2 heteroatoms. The largest absolute Gasteiger partial charge is 0.271 e. The van der Waals surface area contributed by atoms with E-state index in [4.69, 9.17) is 5.84 Å². The Morgan fingerprint density at radius 1 is 1.17 bits per heavy atom. The van der Waals surface area contributed by atoms with Crippen molar-refractivity contribution in [3.63, 3.8) is 0 Å². The molecule has 1 fully saturated rings. The second-order valence-corrected chi connectivity index (χ2v) is 7.50. The van der Waals surface area contributed by atoms with Gasteiger partial charge in [-0.25, -0.2) is 0 Å². The fourth-order valence-corrected chi connectivity index (χ4v) is 3.38. The number of hydrogen-bond acceptors (Lipinski definition) is 2. The molecule has 0 spiro atoms. The van der Waals surface area contributed by atoms with Crippen molar-refractivity contribution in [3.8, 4) is 0 Å². The normalized spacial score (nSPS) is 29.0. The Kier molecular flexibility index (Phi) is 6.13. The SMILES string of the molecule is CCC(C)CC(NN)C1CCC(C(C)(C)C)CC1. The summed E-state index contributed by atoms with van der Waals surface area (Å²) in [6.45, 7) is 11.8. The van der Waals surface area contributed by atoms with E-state index in [9.17, 15) is 0 Å². The van der Waals surface area contributed by atoms with Crippen LogP contribution in [0.2, 0.25) is 0 Å². The van der Waals surface area contributed by atoms with Crippen LogP contribution in [0.3, 0.4) is 0 Å². The van der Waals surface area contributed by atoms with Crippen molar-refractivity contribution >= 4 is 0 Å². The van der Waals surface area contributed by atoms with Gasteiger partial charge in [0.25, 0.3) is 0 Å². The summed E-state index contributed by atoms with van der Waals surface area (Å²) in [5, 5.41) is 0. The van der Waals surface area contributed by atoms with Crippen LogP contribution in [-0.2, 0) is 0 Å². The lowest BCUT2D eigenvalue weighted by atomic mass is 9.68. The molecule has 1 rings (SSSR count). The monoisotopic (exact) mass is 254 g/mol. The van der Waals surface area contributed by atoms with Crippen LogP contribution in [0.5, 0.6) is 0 Å². The molecule has 1 aliphatic carbocycles. The molecule has 1 aliphatic rings. The molecule has 108 valence electrons. The molecule has 2 atom stereocenters. The first-order chi connectivity index (χ1) is 8.38. The number of hydrazine groups is 1. The molecule has 0 bridgehead atoms. The van der Waals surface area contributed by atoms with Gasteiger partial charge >= 0.3 is 0 Å². The van der Waals surface area contributed by atoms with Crippen molar-refractivity contribution in [1.82, 2.24) is 5.43 Å².